The lowest BCUT2D eigenvalue weighted by Crippen LogP contribution is -2.39. The van der Waals surface area contributed by atoms with E-state index in [1.54, 1.807) is 60.7 Å². The van der Waals surface area contributed by atoms with Crippen molar-refractivity contribution in [2.45, 2.75) is 18.4 Å². The van der Waals surface area contributed by atoms with Crippen molar-refractivity contribution in [3.05, 3.63) is 124 Å². The van der Waals surface area contributed by atoms with Crippen molar-refractivity contribution in [1.82, 2.24) is 9.73 Å². The SMILES string of the molecule is Cc1ccc(NC(=O)COc2ccc(/C=N/NC(=O)CN(Cc3ccccc3)S(=O)(=O)c3ccc(Br)cc3)cc2)cc1. The Labute approximate surface area is 253 Å². The normalized spacial score (nSPS) is 11.4. The average Bonchev–Trinajstić information content (AvgIpc) is 2.98. The molecule has 4 aromatic carbocycles. The van der Waals surface area contributed by atoms with Crippen LogP contribution in [0.1, 0.15) is 16.7 Å². The van der Waals surface area contributed by atoms with Gasteiger partial charge in [0, 0.05) is 16.7 Å². The molecule has 2 N–H and O–H groups in total. The fourth-order valence-corrected chi connectivity index (χ4v) is 5.42. The lowest BCUT2D eigenvalue weighted by atomic mass is 10.2. The topological polar surface area (TPSA) is 117 Å². The summed E-state index contributed by atoms with van der Waals surface area (Å²) in [4.78, 5) is 24.9. The number of carbonyl (C=O) groups excluding carboxylic acids is 2. The van der Waals surface area contributed by atoms with Crippen LogP contribution < -0.4 is 15.5 Å². The second kappa shape index (κ2) is 14.5. The average molecular weight is 650 g/mol. The number of benzene rings is 4. The van der Waals surface area contributed by atoms with E-state index in [1.807, 2.05) is 37.3 Å². The molecule has 0 aliphatic rings. The molecule has 0 fully saturated rings. The Hall–Kier alpha value is -4.32. The number of carbonyl (C=O) groups is 2. The number of aryl methyl sites for hydroxylation is 1. The van der Waals surface area contributed by atoms with E-state index in [9.17, 15) is 18.0 Å². The molecule has 0 saturated carbocycles. The van der Waals surface area contributed by atoms with Gasteiger partial charge < -0.3 is 10.1 Å². The molecular weight excluding hydrogens is 620 g/mol. The maximum Gasteiger partial charge on any atom is 0.262 e. The molecule has 9 nitrogen and oxygen atoms in total. The van der Waals surface area contributed by atoms with Crippen LogP contribution in [0.15, 0.2) is 118 Å². The fourth-order valence-electron chi connectivity index (χ4n) is 3.78. The Morgan fingerprint density at radius 1 is 0.881 bits per heavy atom. The zero-order chi connectivity index (χ0) is 30.0. The summed E-state index contributed by atoms with van der Waals surface area (Å²) in [7, 11) is -3.97. The minimum Gasteiger partial charge on any atom is -0.484 e. The summed E-state index contributed by atoms with van der Waals surface area (Å²) in [6, 6.07) is 29.5. The third kappa shape index (κ3) is 9.10. The molecule has 0 atom stereocenters. The number of amides is 2. The van der Waals surface area contributed by atoms with E-state index < -0.39 is 22.5 Å². The summed E-state index contributed by atoms with van der Waals surface area (Å²) in [6.07, 6.45) is 1.43. The minimum atomic E-state index is -3.97. The Morgan fingerprint density at radius 2 is 1.55 bits per heavy atom. The van der Waals surface area contributed by atoms with E-state index in [2.05, 4.69) is 31.8 Å². The largest absolute Gasteiger partial charge is 0.484 e. The van der Waals surface area contributed by atoms with Gasteiger partial charge in [0.1, 0.15) is 5.75 Å². The van der Waals surface area contributed by atoms with Crippen molar-refractivity contribution in [1.29, 1.82) is 0 Å². The monoisotopic (exact) mass is 648 g/mol. The van der Waals surface area contributed by atoms with Gasteiger partial charge in [0.25, 0.3) is 11.8 Å². The van der Waals surface area contributed by atoms with Gasteiger partial charge in [0.2, 0.25) is 10.0 Å². The number of hydrogen-bond donors (Lipinski definition) is 2. The molecule has 11 heteroatoms. The minimum absolute atomic E-state index is 0.0148. The second-order valence-corrected chi connectivity index (χ2v) is 12.1. The quantitative estimate of drug-likeness (QED) is 0.163. The van der Waals surface area contributed by atoms with Crippen molar-refractivity contribution >= 4 is 49.7 Å². The highest BCUT2D eigenvalue weighted by atomic mass is 79.9. The Morgan fingerprint density at radius 3 is 2.21 bits per heavy atom. The molecule has 0 radical (unpaired) electrons. The summed E-state index contributed by atoms with van der Waals surface area (Å²) >= 11 is 3.31. The summed E-state index contributed by atoms with van der Waals surface area (Å²) in [6.45, 7) is 1.40. The van der Waals surface area contributed by atoms with E-state index in [0.29, 0.717) is 17.0 Å². The van der Waals surface area contributed by atoms with Crippen molar-refractivity contribution in [2.75, 3.05) is 18.5 Å². The number of ether oxygens (including phenoxy) is 1. The molecule has 0 saturated heterocycles. The number of anilines is 1. The molecule has 4 aromatic rings. The number of nitrogens with one attached hydrogen (secondary N) is 2. The summed E-state index contributed by atoms with van der Waals surface area (Å²) < 4.78 is 34.1. The Bertz CT molecular complexity index is 1630. The highest BCUT2D eigenvalue weighted by Gasteiger charge is 2.27. The third-order valence-corrected chi connectivity index (χ3v) is 8.30. The van der Waals surface area contributed by atoms with Crippen molar-refractivity contribution < 1.29 is 22.7 Å². The molecule has 0 heterocycles. The summed E-state index contributed by atoms with van der Waals surface area (Å²) in [5, 5.41) is 6.74. The number of nitrogens with zero attached hydrogens (tertiary/aromatic N) is 2. The van der Waals surface area contributed by atoms with Crippen LogP contribution in [0.3, 0.4) is 0 Å². The lowest BCUT2D eigenvalue weighted by molar-refractivity contribution is -0.121. The third-order valence-electron chi connectivity index (χ3n) is 5.96. The van der Waals surface area contributed by atoms with E-state index in [-0.39, 0.29) is 24.0 Å². The van der Waals surface area contributed by atoms with Gasteiger partial charge in [-0.05, 0) is 78.7 Å². The van der Waals surface area contributed by atoms with Gasteiger partial charge in [-0.2, -0.15) is 9.41 Å². The van der Waals surface area contributed by atoms with Crippen molar-refractivity contribution in [3.63, 3.8) is 0 Å². The number of halogens is 1. The van der Waals surface area contributed by atoms with Gasteiger partial charge in [0.05, 0.1) is 17.7 Å². The molecule has 0 unspecified atom stereocenters. The first-order chi connectivity index (χ1) is 20.2. The molecule has 0 bridgehead atoms. The fraction of sp³-hybridized carbons (Fsp3) is 0.129. The van der Waals surface area contributed by atoms with Crippen LogP contribution >= 0.6 is 15.9 Å². The zero-order valence-electron chi connectivity index (χ0n) is 22.7. The smallest absolute Gasteiger partial charge is 0.262 e. The van der Waals surface area contributed by atoms with E-state index in [1.165, 1.54) is 18.3 Å². The lowest BCUT2D eigenvalue weighted by Gasteiger charge is -2.21. The molecule has 0 spiro atoms. The van der Waals surface area contributed by atoms with Crippen LogP contribution in [0.5, 0.6) is 5.75 Å². The first-order valence-corrected chi connectivity index (χ1v) is 15.1. The maximum atomic E-state index is 13.4. The molecule has 0 aliphatic heterocycles. The first-order valence-electron chi connectivity index (χ1n) is 12.9. The second-order valence-electron chi connectivity index (χ2n) is 9.28. The van der Waals surface area contributed by atoms with E-state index in [4.69, 9.17) is 4.74 Å². The summed E-state index contributed by atoms with van der Waals surface area (Å²) in [5.41, 5.74) is 5.59. The van der Waals surface area contributed by atoms with Crippen molar-refractivity contribution in [2.24, 2.45) is 5.10 Å². The van der Waals surface area contributed by atoms with Crippen LogP contribution in [0.4, 0.5) is 5.69 Å². The molecule has 0 aliphatic carbocycles. The summed E-state index contributed by atoms with van der Waals surface area (Å²) in [5.74, 6) is -0.386. The van der Waals surface area contributed by atoms with Crippen LogP contribution in [0.25, 0.3) is 0 Å². The predicted molar refractivity (Wildman–Crippen MR) is 166 cm³/mol. The van der Waals surface area contributed by atoms with Gasteiger partial charge >= 0.3 is 0 Å². The molecule has 4 rings (SSSR count). The van der Waals surface area contributed by atoms with Crippen LogP contribution in [0.2, 0.25) is 0 Å². The van der Waals surface area contributed by atoms with E-state index >= 15 is 0 Å². The van der Waals surface area contributed by atoms with Gasteiger partial charge in [0.15, 0.2) is 6.61 Å². The standard InChI is InChI=1S/C31H29BrN4O5S/c1-23-7-13-27(14-8-23)34-31(38)22-41-28-15-9-24(10-16-28)19-33-35-30(37)21-36(20-25-5-3-2-4-6-25)42(39,40)29-17-11-26(32)12-18-29/h2-19H,20-22H2,1H3,(H,34,38)(H,35,37)/b33-19+. The van der Waals surface area contributed by atoms with Crippen LogP contribution in [-0.4, -0.2) is 43.9 Å². The first kappa shape index (κ1) is 30.6. The molecule has 2 amide bonds. The maximum absolute atomic E-state index is 13.4. The Balaban J connectivity index is 1.32. The highest BCUT2D eigenvalue weighted by molar-refractivity contribution is 9.10. The van der Waals surface area contributed by atoms with Crippen molar-refractivity contribution in [3.8, 4) is 5.75 Å². The van der Waals surface area contributed by atoms with Gasteiger partial charge in [-0.1, -0.05) is 64.0 Å². The highest BCUT2D eigenvalue weighted by Crippen LogP contribution is 2.21. The number of sulfonamides is 1. The number of hydrogen-bond acceptors (Lipinski definition) is 6. The zero-order valence-corrected chi connectivity index (χ0v) is 25.1. The van der Waals surface area contributed by atoms with Gasteiger partial charge in [-0.25, -0.2) is 13.8 Å². The van der Waals surface area contributed by atoms with Gasteiger partial charge in [-0.15, -0.1) is 0 Å². The molecule has 0 aromatic heterocycles. The number of hydrazone groups is 1. The molecule has 42 heavy (non-hydrogen) atoms. The molecular formula is C31H29BrN4O5S. The Kier molecular flexibility index (Phi) is 10.6. The number of rotatable bonds is 12. The van der Waals surface area contributed by atoms with E-state index in [0.717, 1.165) is 19.9 Å². The molecule has 216 valence electrons. The van der Waals surface area contributed by atoms with Crippen LogP contribution in [0, 0.1) is 6.92 Å². The van der Waals surface area contributed by atoms with Gasteiger partial charge in [-0.3, -0.25) is 9.59 Å². The van der Waals surface area contributed by atoms with Crippen LogP contribution in [-0.2, 0) is 26.2 Å². The predicted octanol–water partition coefficient (Wildman–Crippen LogP) is 5.12.